The number of methoxy groups -OCH3 is 2. The third-order valence-electron chi connectivity index (χ3n) is 5.18. The van der Waals surface area contributed by atoms with Crippen molar-refractivity contribution in [3.05, 3.63) is 48.3 Å². The van der Waals surface area contributed by atoms with Crippen LogP contribution in [0.2, 0.25) is 0 Å². The van der Waals surface area contributed by atoms with Gasteiger partial charge >= 0.3 is 0 Å². The van der Waals surface area contributed by atoms with E-state index >= 15 is 0 Å². The predicted octanol–water partition coefficient (Wildman–Crippen LogP) is 1.99. The fourth-order valence-corrected chi connectivity index (χ4v) is 3.47. The zero-order valence-corrected chi connectivity index (χ0v) is 17.5. The van der Waals surface area contributed by atoms with Crippen LogP contribution in [0.15, 0.2) is 42.6 Å². The highest BCUT2D eigenvalue weighted by Crippen LogP contribution is 2.34. The maximum atomic E-state index is 12.5. The maximum Gasteiger partial charge on any atom is 0.246 e. The van der Waals surface area contributed by atoms with E-state index in [-0.39, 0.29) is 5.91 Å². The number of ether oxygens (including phenoxy) is 2. The van der Waals surface area contributed by atoms with Crippen LogP contribution in [0.3, 0.4) is 0 Å². The molecule has 160 valence electrons. The number of amides is 1. The van der Waals surface area contributed by atoms with Gasteiger partial charge in [-0.1, -0.05) is 6.07 Å². The highest BCUT2D eigenvalue weighted by Gasteiger charge is 2.22. The number of anilines is 2. The standard InChI is InChI=1S/C22H24N6O3/c1-30-18-13-16-17(14-19(18)31-2)25-22(26-21(16)23)28-11-9-27(10-12-28)20(29)7-6-15-5-3-4-8-24-15/h3-8,13-14H,9-12H2,1-2H3,(H2,23,25,26). The summed E-state index contributed by atoms with van der Waals surface area (Å²) in [4.78, 5) is 29.6. The van der Waals surface area contributed by atoms with Crippen molar-refractivity contribution in [3.63, 3.8) is 0 Å². The lowest BCUT2D eigenvalue weighted by molar-refractivity contribution is -0.126. The molecule has 0 aliphatic carbocycles. The Balaban J connectivity index is 1.47. The molecule has 0 radical (unpaired) electrons. The van der Waals surface area contributed by atoms with Crippen molar-refractivity contribution in [2.75, 3.05) is 51.0 Å². The Morgan fingerprint density at radius 1 is 1.06 bits per heavy atom. The Bertz CT molecular complexity index is 1110. The molecule has 1 fully saturated rings. The number of nitrogen functional groups attached to an aromatic ring is 1. The molecule has 3 aromatic rings. The van der Waals surface area contributed by atoms with Crippen LogP contribution in [0.25, 0.3) is 17.0 Å². The maximum absolute atomic E-state index is 12.5. The summed E-state index contributed by atoms with van der Waals surface area (Å²) in [6.07, 6.45) is 4.98. The number of carbonyl (C=O) groups is 1. The lowest BCUT2D eigenvalue weighted by Crippen LogP contribution is -2.48. The van der Waals surface area contributed by atoms with E-state index in [1.54, 1.807) is 49.6 Å². The molecule has 0 bridgehead atoms. The summed E-state index contributed by atoms with van der Waals surface area (Å²) in [6, 6.07) is 9.15. The van der Waals surface area contributed by atoms with Crippen molar-refractivity contribution in [1.82, 2.24) is 19.9 Å². The van der Waals surface area contributed by atoms with Crippen molar-refractivity contribution < 1.29 is 14.3 Å². The Morgan fingerprint density at radius 2 is 1.81 bits per heavy atom. The van der Waals surface area contributed by atoms with Gasteiger partial charge in [-0.2, -0.15) is 4.98 Å². The Hall–Kier alpha value is -3.88. The van der Waals surface area contributed by atoms with Gasteiger partial charge in [-0.3, -0.25) is 9.78 Å². The third kappa shape index (κ3) is 4.35. The van der Waals surface area contributed by atoms with Crippen LogP contribution in [0.4, 0.5) is 11.8 Å². The summed E-state index contributed by atoms with van der Waals surface area (Å²) in [7, 11) is 3.15. The average molecular weight is 420 g/mol. The van der Waals surface area contributed by atoms with Gasteiger partial charge in [0, 0.05) is 49.9 Å². The van der Waals surface area contributed by atoms with Crippen LogP contribution < -0.4 is 20.1 Å². The number of aromatic nitrogens is 3. The summed E-state index contributed by atoms with van der Waals surface area (Å²) < 4.78 is 10.7. The molecule has 0 atom stereocenters. The van der Waals surface area contributed by atoms with Gasteiger partial charge in [0.15, 0.2) is 11.5 Å². The molecule has 2 N–H and O–H groups in total. The summed E-state index contributed by atoms with van der Waals surface area (Å²) in [6.45, 7) is 2.36. The zero-order chi connectivity index (χ0) is 21.8. The van der Waals surface area contributed by atoms with Crippen molar-refractivity contribution in [2.24, 2.45) is 0 Å². The molecular formula is C22H24N6O3. The summed E-state index contributed by atoms with van der Waals surface area (Å²) in [5, 5.41) is 0.704. The van der Waals surface area contributed by atoms with E-state index in [9.17, 15) is 4.79 Å². The smallest absolute Gasteiger partial charge is 0.246 e. The van der Waals surface area contributed by atoms with Gasteiger partial charge in [0.05, 0.1) is 25.4 Å². The second-order valence-corrected chi connectivity index (χ2v) is 7.03. The molecule has 1 aromatic carbocycles. The molecule has 2 aromatic heterocycles. The Morgan fingerprint density at radius 3 is 2.48 bits per heavy atom. The molecule has 0 saturated carbocycles. The van der Waals surface area contributed by atoms with Gasteiger partial charge < -0.3 is 25.0 Å². The van der Waals surface area contributed by atoms with Crippen molar-refractivity contribution >= 4 is 34.7 Å². The topological polar surface area (TPSA) is 107 Å². The zero-order valence-electron chi connectivity index (χ0n) is 17.5. The Labute approximate surface area is 180 Å². The number of nitrogens with two attached hydrogens (primary N) is 1. The largest absolute Gasteiger partial charge is 0.493 e. The lowest BCUT2D eigenvalue weighted by atomic mass is 10.2. The first kappa shape index (κ1) is 20.4. The number of hydrogen-bond acceptors (Lipinski definition) is 8. The van der Waals surface area contributed by atoms with E-state index in [2.05, 4.69) is 15.0 Å². The van der Waals surface area contributed by atoms with Crippen LogP contribution in [0, 0.1) is 0 Å². The molecule has 31 heavy (non-hydrogen) atoms. The molecule has 9 heteroatoms. The van der Waals surface area contributed by atoms with Crippen LogP contribution in [0.5, 0.6) is 11.5 Å². The Kier molecular flexibility index (Phi) is 5.83. The van der Waals surface area contributed by atoms with Gasteiger partial charge in [0.2, 0.25) is 11.9 Å². The highest BCUT2D eigenvalue weighted by molar-refractivity contribution is 5.92. The number of hydrogen-bond donors (Lipinski definition) is 1. The molecule has 1 aliphatic rings. The molecule has 4 rings (SSSR count). The average Bonchev–Trinajstić information content (AvgIpc) is 2.82. The normalized spacial score (nSPS) is 14.3. The molecule has 0 spiro atoms. The molecule has 3 heterocycles. The lowest BCUT2D eigenvalue weighted by Gasteiger charge is -2.34. The van der Waals surface area contributed by atoms with Crippen molar-refractivity contribution in [3.8, 4) is 11.5 Å². The first-order valence-corrected chi connectivity index (χ1v) is 9.91. The molecular weight excluding hydrogens is 396 g/mol. The van der Waals surface area contributed by atoms with Crippen molar-refractivity contribution in [2.45, 2.75) is 0 Å². The van der Waals surface area contributed by atoms with Crippen LogP contribution >= 0.6 is 0 Å². The summed E-state index contributed by atoms with van der Waals surface area (Å²) in [5.74, 6) is 2.02. The van der Waals surface area contributed by atoms with E-state index in [4.69, 9.17) is 15.2 Å². The second kappa shape index (κ2) is 8.86. The van der Waals surface area contributed by atoms with Gasteiger partial charge in [0.1, 0.15) is 5.82 Å². The number of pyridine rings is 1. The van der Waals surface area contributed by atoms with E-state index in [1.807, 2.05) is 23.1 Å². The van der Waals surface area contributed by atoms with E-state index in [0.717, 1.165) is 5.69 Å². The van der Waals surface area contributed by atoms with Crippen LogP contribution in [-0.2, 0) is 4.79 Å². The van der Waals surface area contributed by atoms with Crippen LogP contribution in [0.1, 0.15) is 5.69 Å². The minimum Gasteiger partial charge on any atom is -0.493 e. The monoisotopic (exact) mass is 420 g/mol. The number of rotatable bonds is 5. The first-order chi connectivity index (χ1) is 15.1. The predicted molar refractivity (Wildman–Crippen MR) is 119 cm³/mol. The fourth-order valence-electron chi connectivity index (χ4n) is 3.47. The van der Waals surface area contributed by atoms with E-state index in [0.29, 0.717) is 60.3 Å². The van der Waals surface area contributed by atoms with Gasteiger partial charge in [-0.05, 0) is 24.3 Å². The summed E-state index contributed by atoms with van der Waals surface area (Å²) >= 11 is 0. The van der Waals surface area contributed by atoms with Crippen molar-refractivity contribution in [1.29, 1.82) is 0 Å². The molecule has 1 saturated heterocycles. The van der Waals surface area contributed by atoms with Gasteiger partial charge in [0.25, 0.3) is 0 Å². The molecule has 9 nitrogen and oxygen atoms in total. The molecule has 1 aliphatic heterocycles. The molecule has 0 unspecified atom stereocenters. The fraction of sp³-hybridized carbons (Fsp3) is 0.273. The number of fused-ring (bicyclic) bond motifs is 1. The summed E-state index contributed by atoms with van der Waals surface area (Å²) in [5.41, 5.74) is 7.62. The third-order valence-corrected chi connectivity index (χ3v) is 5.18. The SMILES string of the molecule is COc1cc2nc(N3CCN(C(=O)C=Cc4ccccn4)CC3)nc(N)c2cc1OC. The van der Waals surface area contributed by atoms with E-state index < -0.39 is 0 Å². The van der Waals surface area contributed by atoms with Gasteiger partial charge in [-0.15, -0.1) is 0 Å². The minimum atomic E-state index is -0.0407. The quantitative estimate of drug-likeness (QED) is 0.625. The first-order valence-electron chi connectivity index (χ1n) is 9.91. The number of benzene rings is 1. The highest BCUT2D eigenvalue weighted by atomic mass is 16.5. The van der Waals surface area contributed by atoms with E-state index in [1.165, 1.54) is 0 Å². The van der Waals surface area contributed by atoms with Crippen LogP contribution in [-0.4, -0.2) is 66.2 Å². The second-order valence-electron chi connectivity index (χ2n) is 7.03. The number of carbonyl (C=O) groups excluding carboxylic acids is 1. The molecule has 1 amide bonds. The number of nitrogens with zero attached hydrogens (tertiary/aromatic N) is 5. The minimum absolute atomic E-state index is 0.0407. The van der Waals surface area contributed by atoms with Gasteiger partial charge in [-0.25, -0.2) is 4.98 Å². The number of piperazine rings is 1.